The quantitative estimate of drug-likeness (QED) is 0.587. The molecule has 0 radical (unpaired) electrons. The Morgan fingerprint density at radius 1 is 1.12 bits per heavy atom. The van der Waals surface area contributed by atoms with Crippen LogP contribution >= 0.6 is 0 Å². The number of halogens is 1. The average Bonchev–Trinajstić information content (AvgIpc) is 3.15. The van der Waals surface area contributed by atoms with Crippen molar-refractivity contribution in [2.75, 3.05) is 24.6 Å². The lowest BCUT2D eigenvalue weighted by Gasteiger charge is -2.15. The summed E-state index contributed by atoms with van der Waals surface area (Å²) in [5.74, 6) is -1.69. The molecule has 1 aliphatic rings. The van der Waals surface area contributed by atoms with Gasteiger partial charge in [0.05, 0.1) is 18.8 Å². The Morgan fingerprint density at radius 3 is 2.48 bits per heavy atom. The molecule has 0 saturated carbocycles. The third-order valence-corrected chi connectivity index (χ3v) is 4.88. The molecule has 3 amide bonds. The standard InChI is InChI=1S/C23H24FN3O6/c1-14(28)25-11-19-12-27(23(31)33-19)18-7-8-20(21(24)9-18)17-5-3-16(4-6-17)10-26-22(30)13-32-15(2)29/h3-9,19H,10-13H2,1-2H3,(H,25,28)(H,26,30)/t19-/m0/s1. The molecule has 9 nitrogen and oxygen atoms in total. The van der Waals surface area contributed by atoms with Crippen LogP contribution in [0.1, 0.15) is 19.4 Å². The number of cyclic esters (lactones) is 1. The maximum absolute atomic E-state index is 14.8. The van der Waals surface area contributed by atoms with E-state index in [0.717, 1.165) is 5.56 Å². The van der Waals surface area contributed by atoms with Crippen LogP contribution in [0.15, 0.2) is 42.5 Å². The monoisotopic (exact) mass is 457 g/mol. The van der Waals surface area contributed by atoms with Crippen molar-refractivity contribution in [1.82, 2.24) is 10.6 Å². The summed E-state index contributed by atoms with van der Waals surface area (Å²) in [6.07, 6.45) is -1.11. The highest BCUT2D eigenvalue weighted by Crippen LogP contribution is 2.29. The van der Waals surface area contributed by atoms with Gasteiger partial charge in [-0.3, -0.25) is 19.3 Å². The highest BCUT2D eigenvalue weighted by Gasteiger charge is 2.32. The van der Waals surface area contributed by atoms with Crippen molar-refractivity contribution in [2.45, 2.75) is 26.5 Å². The van der Waals surface area contributed by atoms with Crippen LogP contribution in [-0.2, 0) is 30.4 Å². The van der Waals surface area contributed by atoms with E-state index in [1.54, 1.807) is 36.4 Å². The number of carbonyl (C=O) groups excluding carboxylic acids is 4. The number of hydrogen-bond acceptors (Lipinski definition) is 6. The molecular formula is C23H24FN3O6. The Labute approximate surface area is 189 Å². The molecule has 2 aromatic rings. The smallest absolute Gasteiger partial charge is 0.414 e. The molecule has 1 fully saturated rings. The minimum absolute atomic E-state index is 0.189. The summed E-state index contributed by atoms with van der Waals surface area (Å²) in [7, 11) is 0. The van der Waals surface area contributed by atoms with Gasteiger partial charge in [-0.25, -0.2) is 9.18 Å². The van der Waals surface area contributed by atoms with E-state index in [0.29, 0.717) is 16.8 Å². The second kappa shape index (κ2) is 10.6. The largest absolute Gasteiger partial charge is 0.456 e. The number of nitrogens with zero attached hydrogens (tertiary/aromatic N) is 1. The van der Waals surface area contributed by atoms with E-state index >= 15 is 0 Å². The van der Waals surface area contributed by atoms with Crippen molar-refractivity contribution in [3.05, 3.63) is 53.8 Å². The first-order chi connectivity index (χ1) is 15.7. The fraction of sp³-hybridized carbons (Fsp3) is 0.304. The number of amides is 3. The highest BCUT2D eigenvalue weighted by molar-refractivity contribution is 5.90. The lowest BCUT2D eigenvalue weighted by atomic mass is 10.0. The number of ether oxygens (including phenoxy) is 2. The molecule has 2 aromatic carbocycles. The van der Waals surface area contributed by atoms with Gasteiger partial charge >= 0.3 is 12.1 Å². The van der Waals surface area contributed by atoms with Crippen LogP contribution in [0.4, 0.5) is 14.9 Å². The molecule has 0 spiro atoms. The van der Waals surface area contributed by atoms with Gasteiger partial charge in [0.1, 0.15) is 11.9 Å². The summed E-state index contributed by atoms with van der Waals surface area (Å²) < 4.78 is 24.7. The minimum Gasteiger partial charge on any atom is -0.456 e. The second-order valence-electron chi connectivity index (χ2n) is 7.47. The molecule has 2 N–H and O–H groups in total. The van der Waals surface area contributed by atoms with Crippen LogP contribution in [0, 0.1) is 5.82 Å². The van der Waals surface area contributed by atoms with Crippen molar-refractivity contribution in [2.24, 2.45) is 0 Å². The molecule has 0 unspecified atom stereocenters. The van der Waals surface area contributed by atoms with Crippen molar-refractivity contribution in [1.29, 1.82) is 0 Å². The second-order valence-corrected chi connectivity index (χ2v) is 7.47. The van der Waals surface area contributed by atoms with Crippen LogP contribution in [0.3, 0.4) is 0 Å². The molecule has 33 heavy (non-hydrogen) atoms. The zero-order valence-electron chi connectivity index (χ0n) is 18.2. The maximum Gasteiger partial charge on any atom is 0.414 e. The molecule has 0 aliphatic carbocycles. The zero-order chi connectivity index (χ0) is 24.0. The fourth-order valence-corrected chi connectivity index (χ4v) is 3.22. The summed E-state index contributed by atoms with van der Waals surface area (Å²) in [4.78, 5) is 46.8. The van der Waals surface area contributed by atoms with Crippen LogP contribution in [0.2, 0.25) is 0 Å². The molecule has 174 valence electrons. The Kier molecular flexibility index (Phi) is 7.60. The molecule has 1 atom stereocenters. The van der Waals surface area contributed by atoms with Gasteiger partial charge in [-0.15, -0.1) is 0 Å². The Bertz CT molecular complexity index is 1060. The number of esters is 1. The molecule has 1 heterocycles. The van der Waals surface area contributed by atoms with Crippen LogP contribution in [0.5, 0.6) is 0 Å². The average molecular weight is 457 g/mol. The molecular weight excluding hydrogens is 433 g/mol. The molecule has 1 saturated heterocycles. The zero-order valence-corrected chi connectivity index (χ0v) is 18.2. The van der Waals surface area contributed by atoms with Crippen molar-refractivity contribution < 1.29 is 33.0 Å². The number of rotatable bonds is 8. The SMILES string of the molecule is CC(=O)NC[C@H]1CN(c2ccc(-c3ccc(CNC(=O)COC(C)=O)cc3)c(F)c2)C(=O)O1. The van der Waals surface area contributed by atoms with Crippen molar-refractivity contribution in [3.8, 4) is 11.1 Å². The summed E-state index contributed by atoms with van der Waals surface area (Å²) >= 11 is 0. The van der Waals surface area contributed by atoms with Gasteiger partial charge in [-0.05, 0) is 29.3 Å². The summed E-state index contributed by atoms with van der Waals surface area (Å²) in [5.41, 5.74) is 2.13. The molecule has 3 rings (SSSR count). The van der Waals surface area contributed by atoms with E-state index in [-0.39, 0.29) is 32.1 Å². The van der Waals surface area contributed by atoms with Crippen LogP contribution in [0.25, 0.3) is 11.1 Å². The minimum atomic E-state index is -0.599. The van der Waals surface area contributed by atoms with Gasteiger partial charge in [0.25, 0.3) is 5.91 Å². The summed E-state index contributed by atoms with van der Waals surface area (Å²) in [6.45, 7) is 2.88. The van der Waals surface area contributed by atoms with Crippen LogP contribution in [-0.4, -0.2) is 49.7 Å². The molecule has 1 aliphatic heterocycles. The van der Waals surface area contributed by atoms with Gasteiger partial charge in [-0.2, -0.15) is 0 Å². The third kappa shape index (κ3) is 6.52. The normalized spacial score (nSPS) is 15.1. The number of hydrogen-bond donors (Lipinski definition) is 2. The molecule has 0 aromatic heterocycles. The maximum atomic E-state index is 14.8. The number of nitrogens with one attached hydrogen (secondary N) is 2. The predicted octanol–water partition coefficient (Wildman–Crippen LogP) is 2.13. The van der Waals surface area contributed by atoms with E-state index in [1.165, 1.54) is 24.8 Å². The number of benzene rings is 2. The number of anilines is 1. The Balaban J connectivity index is 1.62. The topological polar surface area (TPSA) is 114 Å². The van der Waals surface area contributed by atoms with Gasteiger partial charge < -0.3 is 20.1 Å². The first-order valence-corrected chi connectivity index (χ1v) is 10.2. The van der Waals surface area contributed by atoms with E-state index in [1.807, 2.05) is 0 Å². The van der Waals surface area contributed by atoms with Crippen LogP contribution < -0.4 is 15.5 Å². The van der Waals surface area contributed by atoms with E-state index in [4.69, 9.17) is 4.74 Å². The Hall–Kier alpha value is -3.95. The predicted molar refractivity (Wildman–Crippen MR) is 117 cm³/mol. The lowest BCUT2D eigenvalue weighted by molar-refractivity contribution is -0.146. The van der Waals surface area contributed by atoms with E-state index in [2.05, 4.69) is 15.4 Å². The fourth-order valence-electron chi connectivity index (χ4n) is 3.22. The van der Waals surface area contributed by atoms with Crippen molar-refractivity contribution >= 4 is 29.6 Å². The van der Waals surface area contributed by atoms with Gasteiger partial charge in [0.2, 0.25) is 5.91 Å². The molecule has 10 heteroatoms. The first-order valence-electron chi connectivity index (χ1n) is 10.2. The Morgan fingerprint density at radius 2 is 1.85 bits per heavy atom. The van der Waals surface area contributed by atoms with Gasteiger partial charge in [-0.1, -0.05) is 24.3 Å². The third-order valence-electron chi connectivity index (χ3n) is 4.88. The summed E-state index contributed by atoms with van der Waals surface area (Å²) in [6, 6.07) is 11.4. The molecule has 0 bridgehead atoms. The highest BCUT2D eigenvalue weighted by atomic mass is 19.1. The van der Waals surface area contributed by atoms with Crippen molar-refractivity contribution in [3.63, 3.8) is 0 Å². The number of carbonyl (C=O) groups is 4. The summed E-state index contributed by atoms with van der Waals surface area (Å²) in [5, 5.41) is 5.22. The first kappa shape index (κ1) is 23.7. The van der Waals surface area contributed by atoms with Gasteiger partial charge in [0.15, 0.2) is 6.61 Å². The van der Waals surface area contributed by atoms with Gasteiger partial charge in [0, 0.05) is 26.0 Å². The van der Waals surface area contributed by atoms with E-state index < -0.39 is 29.9 Å². The van der Waals surface area contributed by atoms with E-state index in [9.17, 15) is 23.6 Å². The lowest BCUT2D eigenvalue weighted by Crippen LogP contribution is -2.33.